The van der Waals surface area contributed by atoms with Crippen LogP contribution in [-0.2, 0) is 4.79 Å². The van der Waals surface area contributed by atoms with Gasteiger partial charge in [0.2, 0.25) is 5.91 Å². The lowest BCUT2D eigenvalue weighted by molar-refractivity contribution is -0.115. The van der Waals surface area contributed by atoms with E-state index >= 15 is 0 Å². The normalized spacial score (nSPS) is 9.93. The molecule has 0 aliphatic rings. The van der Waals surface area contributed by atoms with Gasteiger partial charge in [-0.15, -0.1) is 0 Å². The van der Waals surface area contributed by atoms with E-state index in [4.69, 9.17) is 0 Å². The summed E-state index contributed by atoms with van der Waals surface area (Å²) in [6.07, 6.45) is 0.361. The van der Waals surface area contributed by atoms with Crippen molar-refractivity contribution in [3.63, 3.8) is 0 Å². The number of amides is 1. The quantitative estimate of drug-likeness (QED) is 0.742. The standard InChI is InChI=1S/C10H12FNOS/c1-7-6-8(2-3-9(7)11)12-10(13)4-5-14/h2-3,6,14H,4-5H2,1H3,(H,12,13). The topological polar surface area (TPSA) is 29.1 Å². The van der Waals surface area contributed by atoms with Crippen LogP contribution in [0.15, 0.2) is 18.2 Å². The second kappa shape index (κ2) is 5.00. The monoisotopic (exact) mass is 213 g/mol. The maximum Gasteiger partial charge on any atom is 0.225 e. The molecule has 0 heterocycles. The molecular weight excluding hydrogens is 201 g/mol. The first-order valence-electron chi connectivity index (χ1n) is 4.30. The Kier molecular flexibility index (Phi) is 3.95. The van der Waals surface area contributed by atoms with Gasteiger partial charge >= 0.3 is 0 Å². The average molecular weight is 213 g/mol. The first-order valence-corrected chi connectivity index (χ1v) is 4.93. The number of carbonyl (C=O) groups is 1. The minimum absolute atomic E-state index is 0.106. The molecule has 1 rings (SSSR count). The van der Waals surface area contributed by atoms with E-state index < -0.39 is 0 Å². The molecule has 0 unspecified atom stereocenters. The summed E-state index contributed by atoms with van der Waals surface area (Å²) in [5.41, 5.74) is 1.14. The van der Waals surface area contributed by atoms with Crippen LogP contribution >= 0.6 is 12.6 Å². The second-order valence-corrected chi connectivity index (χ2v) is 3.43. The third kappa shape index (κ3) is 3.03. The first-order chi connectivity index (χ1) is 6.63. The molecule has 1 aromatic carbocycles. The highest BCUT2D eigenvalue weighted by molar-refractivity contribution is 7.80. The molecule has 0 aliphatic carbocycles. The van der Waals surface area contributed by atoms with E-state index in [9.17, 15) is 9.18 Å². The summed E-state index contributed by atoms with van der Waals surface area (Å²) < 4.78 is 12.9. The molecule has 0 spiro atoms. The zero-order valence-corrected chi connectivity index (χ0v) is 8.77. The lowest BCUT2D eigenvalue weighted by Gasteiger charge is -2.05. The molecule has 14 heavy (non-hydrogen) atoms. The van der Waals surface area contributed by atoms with Crippen molar-refractivity contribution in [1.82, 2.24) is 0 Å². The lowest BCUT2D eigenvalue weighted by Crippen LogP contribution is -2.11. The zero-order valence-electron chi connectivity index (χ0n) is 7.88. The summed E-state index contributed by atoms with van der Waals surface area (Å²) in [5.74, 6) is 0.134. The van der Waals surface area contributed by atoms with E-state index in [-0.39, 0.29) is 11.7 Å². The molecule has 0 fully saturated rings. The molecule has 0 atom stereocenters. The van der Waals surface area contributed by atoms with Gasteiger partial charge in [0.15, 0.2) is 0 Å². The van der Waals surface area contributed by atoms with Crippen molar-refractivity contribution in [2.45, 2.75) is 13.3 Å². The van der Waals surface area contributed by atoms with E-state index in [1.54, 1.807) is 19.1 Å². The summed E-state index contributed by atoms with van der Waals surface area (Å²) >= 11 is 3.94. The maximum atomic E-state index is 12.9. The van der Waals surface area contributed by atoms with Gasteiger partial charge in [0, 0.05) is 12.1 Å². The van der Waals surface area contributed by atoms with Crippen molar-refractivity contribution in [3.8, 4) is 0 Å². The summed E-state index contributed by atoms with van der Waals surface area (Å²) in [4.78, 5) is 11.2. The Morgan fingerprint density at radius 2 is 2.29 bits per heavy atom. The van der Waals surface area contributed by atoms with Crippen molar-refractivity contribution in [2.24, 2.45) is 0 Å². The molecule has 1 aromatic rings. The highest BCUT2D eigenvalue weighted by Crippen LogP contribution is 2.13. The first kappa shape index (κ1) is 11.0. The molecular formula is C10H12FNOS. The molecule has 0 aliphatic heterocycles. The van der Waals surface area contributed by atoms with E-state index in [1.807, 2.05) is 0 Å². The number of benzene rings is 1. The Morgan fingerprint density at radius 3 is 2.86 bits per heavy atom. The predicted molar refractivity (Wildman–Crippen MR) is 58.2 cm³/mol. The van der Waals surface area contributed by atoms with Gasteiger partial charge in [0.25, 0.3) is 0 Å². The van der Waals surface area contributed by atoms with Crippen LogP contribution < -0.4 is 5.32 Å². The van der Waals surface area contributed by atoms with Gasteiger partial charge in [-0.3, -0.25) is 4.79 Å². The Balaban J connectivity index is 2.68. The van der Waals surface area contributed by atoms with E-state index in [2.05, 4.69) is 17.9 Å². The molecule has 76 valence electrons. The van der Waals surface area contributed by atoms with Crippen LogP contribution in [0.3, 0.4) is 0 Å². The van der Waals surface area contributed by atoms with Crippen LogP contribution in [0.25, 0.3) is 0 Å². The number of thiol groups is 1. The highest BCUT2D eigenvalue weighted by Gasteiger charge is 2.02. The Hall–Kier alpha value is -1.03. The van der Waals surface area contributed by atoms with Gasteiger partial charge in [-0.1, -0.05) is 0 Å². The van der Waals surface area contributed by atoms with Crippen LogP contribution in [0.4, 0.5) is 10.1 Å². The predicted octanol–water partition coefficient (Wildman–Crippen LogP) is 2.39. The number of hydrogen-bond donors (Lipinski definition) is 2. The minimum atomic E-state index is -0.266. The van der Waals surface area contributed by atoms with Gasteiger partial charge in [-0.05, 0) is 36.4 Å². The molecule has 1 N–H and O–H groups in total. The number of rotatable bonds is 3. The third-order valence-electron chi connectivity index (χ3n) is 1.78. The van der Waals surface area contributed by atoms with Gasteiger partial charge < -0.3 is 5.32 Å². The van der Waals surface area contributed by atoms with Crippen LogP contribution in [0.5, 0.6) is 0 Å². The van der Waals surface area contributed by atoms with Crippen molar-refractivity contribution in [1.29, 1.82) is 0 Å². The van der Waals surface area contributed by atoms with Crippen molar-refractivity contribution < 1.29 is 9.18 Å². The fourth-order valence-corrected chi connectivity index (χ4v) is 1.25. The molecule has 0 radical (unpaired) electrons. The largest absolute Gasteiger partial charge is 0.326 e. The summed E-state index contributed by atoms with van der Waals surface area (Å²) in [6.45, 7) is 1.66. The molecule has 2 nitrogen and oxygen atoms in total. The van der Waals surface area contributed by atoms with Gasteiger partial charge in [0.1, 0.15) is 5.82 Å². The number of aryl methyl sites for hydroxylation is 1. The van der Waals surface area contributed by atoms with Crippen LogP contribution in [0, 0.1) is 12.7 Å². The van der Waals surface area contributed by atoms with Crippen molar-refractivity contribution in [3.05, 3.63) is 29.6 Å². The van der Waals surface area contributed by atoms with E-state index in [1.165, 1.54) is 6.07 Å². The fourth-order valence-electron chi connectivity index (χ4n) is 1.05. The number of halogens is 1. The third-order valence-corrected chi connectivity index (χ3v) is 2.00. The number of anilines is 1. The van der Waals surface area contributed by atoms with Crippen LogP contribution in [0.1, 0.15) is 12.0 Å². The second-order valence-electron chi connectivity index (χ2n) is 2.99. The molecule has 0 saturated carbocycles. The number of hydrogen-bond acceptors (Lipinski definition) is 2. The van der Waals surface area contributed by atoms with E-state index in [0.29, 0.717) is 23.4 Å². The van der Waals surface area contributed by atoms with E-state index in [0.717, 1.165) is 0 Å². The SMILES string of the molecule is Cc1cc(NC(=O)CCS)ccc1F. The maximum absolute atomic E-state index is 12.9. The Labute approximate surface area is 87.9 Å². The summed E-state index contributed by atoms with van der Waals surface area (Å²) in [7, 11) is 0. The van der Waals surface area contributed by atoms with Gasteiger partial charge in [-0.2, -0.15) is 12.6 Å². The average Bonchev–Trinajstić information content (AvgIpc) is 2.12. The smallest absolute Gasteiger partial charge is 0.225 e. The van der Waals surface area contributed by atoms with Crippen molar-refractivity contribution >= 4 is 24.2 Å². The lowest BCUT2D eigenvalue weighted by atomic mass is 10.2. The molecule has 1 amide bonds. The number of carbonyl (C=O) groups excluding carboxylic acids is 1. The summed E-state index contributed by atoms with van der Waals surface area (Å²) in [6, 6.07) is 4.48. The zero-order chi connectivity index (χ0) is 10.6. The summed E-state index contributed by atoms with van der Waals surface area (Å²) in [5, 5.41) is 2.66. The highest BCUT2D eigenvalue weighted by atomic mass is 32.1. The van der Waals surface area contributed by atoms with Crippen molar-refractivity contribution in [2.75, 3.05) is 11.1 Å². The van der Waals surface area contributed by atoms with Gasteiger partial charge in [0.05, 0.1) is 0 Å². The molecule has 0 aromatic heterocycles. The fraction of sp³-hybridized carbons (Fsp3) is 0.300. The van der Waals surface area contributed by atoms with Crippen LogP contribution in [-0.4, -0.2) is 11.7 Å². The molecule has 0 bridgehead atoms. The van der Waals surface area contributed by atoms with Crippen LogP contribution in [0.2, 0.25) is 0 Å². The minimum Gasteiger partial charge on any atom is -0.326 e. The molecule has 0 saturated heterocycles. The Morgan fingerprint density at radius 1 is 1.57 bits per heavy atom. The van der Waals surface area contributed by atoms with Gasteiger partial charge in [-0.25, -0.2) is 4.39 Å². The molecule has 4 heteroatoms. The Bertz CT molecular complexity index is 341. The number of nitrogens with one attached hydrogen (secondary N) is 1.